The standard InChI is InChI=1S/C13H9ClN6O3/c14-8-1-3-9(4-2-8)20-12(22)10(11(21)18-13(20)23)5-17-19-6-15-16-7-19/h1-7,22H,(H,18,21,23). The molecule has 0 amide bonds. The summed E-state index contributed by atoms with van der Waals surface area (Å²) in [6, 6.07) is 6.17. The molecule has 0 saturated heterocycles. The molecule has 0 aliphatic heterocycles. The van der Waals surface area contributed by atoms with Gasteiger partial charge in [-0.2, -0.15) is 5.10 Å². The van der Waals surface area contributed by atoms with E-state index >= 15 is 0 Å². The molecule has 0 saturated carbocycles. The lowest BCUT2D eigenvalue weighted by Gasteiger charge is -2.09. The molecule has 0 aliphatic rings. The first-order chi connectivity index (χ1) is 11.1. The second-order valence-electron chi connectivity index (χ2n) is 4.39. The molecule has 0 bridgehead atoms. The fourth-order valence-electron chi connectivity index (χ4n) is 1.86. The average Bonchev–Trinajstić information content (AvgIpc) is 3.02. The minimum atomic E-state index is -0.781. The number of halogens is 1. The van der Waals surface area contributed by atoms with Crippen LogP contribution in [0, 0.1) is 0 Å². The lowest BCUT2D eigenvalue weighted by molar-refractivity contribution is 0.430. The second kappa shape index (κ2) is 5.89. The molecule has 23 heavy (non-hydrogen) atoms. The van der Waals surface area contributed by atoms with Gasteiger partial charge in [-0.3, -0.25) is 9.78 Å². The van der Waals surface area contributed by atoms with Gasteiger partial charge in [-0.05, 0) is 24.3 Å². The molecule has 0 fully saturated rings. The normalized spacial score (nSPS) is 11.2. The maximum Gasteiger partial charge on any atom is 0.335 e. The summed E-state index contributed by atoms with van der Waals surface area (Å²) in [5.74, 6) is -0.544. The van der Waals surface area contributed by atoms with Crippen LogP contribution in [0.3, 0.4) is 0 Å². The number of H-pyrrole nitrogens is 1. The molecule has 1 aromatic carbocycles. The summed E-state index contributed by atoms with van der Waals surface area (Å²) in [7, 11) is 0. The van der Waals surface area contributed by atoms with E-state index in [0.29, 0.717) is 10.7 Å². The number of rotatable bonds is 3. The number of hydrogen-bond donors (Lipinski definition) is 2. The molecule has 3 rings (SSSR count). The van der Waals surface area contributed by atoms with Crippen molar-refractivity contribution in [2.45, 2.75) is 0 Å². The van der Waals surface area contributed by atoms with Crippen LogP contribution in [-0.2, 0) is 0 Å². The number of aromatic hydroxyl groups is 1. The smallest absolute Gasteiger partial charge is 0.335 e. The fourth-order valence-corrected chi connectivity index (χ4v) is 1.99. The highest BCUT2D eigenvalue weighted by Gasteiger charge is 2.14. The van der Waals surface area contributed by atoms with E-state index in [1.165, 1.54) is 29.5 Å². The third kappa shape index (κ3) is 2.90. The summed E-state index contributed by atoms with van der Waals surface area (Å²) in [5, 5.41) is 21.7. The zero-order valence-electron chi connectivity index (χ0n) is 11.4. The fraction of sp³-hybridized carbons (Fsp3) is 0. The van der Waals surface area contributed by atoms with Gasteiger partial charge >= 0.3 is 5.69 Å². The van der Waals surface area contributed by atoms with Crippen molar-refractivity contribution in [2.75, 3.05) is 0 Å². The Balaban J connectivity index is 2.15. The Kier molecular flexibility index (Phi) is 3.77. The van der Waals surface area contributed by atoms with Crippen LogP contribution < -0.4 is 11.2 Å². The minimum Gasteiger partial charge on any atom is -0.493 e. The maximum atomic E-state index is 12.0. The van der Waals surface area contributed by atoms with Crippen molar-refractivity contribution in [3.63, 3.8) is 0 Å². The van der Waals surface area contributed by atoms with Crippen LogP contribution in [-0.4, -0.2) is 35.7 Å². The topological polar surface area (TPSA) is 118 Å². The number of hydrogen-bond acceptors (Lipinski definition) is 6. The highest BCUT2D eigenvalue weighted by atomic mass is 35.5. The van der Waals surface area contributed by atoms with Crippen molar-refractivity contribution in [1.29, 1.82) is 0 Å². The van der Waals surface area contributed by atoms with Crippen LogP contribution in [0.15, 0.2) is 51.6 Å². The van der Waals surface area contributed by atoms with Crippen LogP contribution in [0.25, 0.3) is 5.69 Å². The molecule has 3 aromatic rings. The molecule has 0 atom stereocenters. The monoisotopic (exact) mass is 332 g/mol. The summed E-state index contributed by atoms with van der Waals surface area (Å²) in [6.45, 7) is 0. The second-order valence-corrected chi connectivity index (χ2v) is 4.83. The van der Waals surface area contributed by atoms with Crippen LogP contribution >= 0.6 is 11.6 Å². The zero-order valence-corrected chi connectivity index (χ0v) is 12.2. The molecule has 0 aliphatic carbocycles. The Bertz CT molecular complexity index is 972. The van der Waals surface area contributed by atoms with E-state index in [4.69, 9.17) is 11.6 Å². The molecule has 0 unspecified atom stereocenters. The Morgan fingerprint density at radius 2 is 1.83 bits per heavy atom. The molecule has 0 spiro atoms. The molecule has 2 heterocycles. The summed E-state index contributed by atoms with van der Waals surface area (Å²) < 4.78 is 2.17. The predicted molar refractivity (Wildman–Crippen MR) is 82.3 cm³/mol. The third-order valence-corrected chi connectivity index (χ3v) is 3.18. The summed E-state index contributed by atoms with van der Waals surface area (Å²) in [5.41, 5.74) is -1.40. The molecule has 116 valence electrons. The first-order valence-corrected chi connectivity index (χ1v) is 6.67. The molecule has 9 nitrogen and oxygen atoms in total. The number of aromatic amines is 1. The molecular weight excluding hydrogens is 324 g/mol. The van der Waals surface area contributed by atoms with Crippen molar-refractivity contribution in [1.82, 2.24) is 24.4 Å². The van der Waals surface area contributed by atoms with Gasteiger partial charge in [0.15, 0.2) is 0 Å². The zero-order chi connectivity index (χ0) is 16.4. The highest BCUT2D eigenvalue weighted by Crippen LogP contribution is 2.17. The van der Waals surface area contributed by atoms with Crippen molar-refractivity contribution in [3.8, 4) is 11.6 Å². The quantitative estimate of drug-likeness (QED) is 0.671. The lowest BCUT2D eigenvalue weighted by Crippen LogP contribution is -2.31. The van der Waals surface area contributed by atoms with Gasteiger partial charge in [0.05, 0.1) is 11.9 Å². The van der Waals surface area contributed by atoms with E-state index in [1.54, 1.807) is 12.1 Å². The van der Waals surface area contributed by atoms with Gasteiger partial charge < -0.3 is 5.11 Å². The van der Waals surface area contributed by atoms with Gasteiger partial charge in [0.2, 0.25) is 5.88 Å². The number of aromatic nitrogens is 5. The minimum absolute atomic E-state index is 0.187. The Morgan fingerprint density at radius 3 is 2.48 bits per heavy atom. The van der Waals surface area contributed by atoms with Crippen LogP contribution in [0.1, 0.15) is 5.56 Å². The first kappa shape index (κ1) is 14.7. The Morgan fingerprint density at radius 1 is 1.17 bits per heavy atom. The van der Waals surface area contributed by atoms with E-state index in [2.05, 4.69) is 20.3 Å². The highest BCUT2D eigenvalue weighted by molar-refractivity contribution is 6.30. The predicted octanol–water partition coefficient (Wildman–Crippen LogP) is 0.358. The van der Waals surface area contributed by atoms with Crippen molar-refractivity contribution in [2.24, 2.45) is 5.10 Å². The largest absolute Gasteiger partial charge is 0.493 e. The van der Waals surface area contributed by atoms with Crippen molar-refractivity contribution in [3.05, 3.63) is 68.3 Å². The van der Waals surface area contributed by atoms with E-state index in [-0.39, 0.29) is 5.56 Å². The van der Waals surface area contributed by atoms with Gasteiger partial charge in [0.1, 0.15) is 18.2 Å². The number of nitrogens with one attached hydrogen (secondary N) is 1. The van der Waals surface area contributed by atoms with Crippen LogP contribution in [0.5, 0.6) is 5.88 Å². The van der Waals surface area contributed by atoms with Gasteiger partial charge in [0, 0.05) is 5.02 Å². The lowest BCUT2D eigenvalue weighted by atomic mass is 10.3. The third-order valence-electron chi connectivity index (χ3n) is 2.93. The molecule has 0 radical (unpaired) electrons. The Hall–Kier alpha value is -3.20. The summed E-state index contributed by atoms with van der Waals surface area (Å²) in [4.78, 5) is 26.0. The van der Waals surface area contributed by atoms with E-state index in [1.807, 2.05) is 0 Å². The number of benzene rings is 1. The Labute approximate surface area is 133 Å². The summed E-state index contributed by atoms with van der Waals surface area (Å²) in [6.07, 6.45) is 3.71. The van der Waals surface area contributed by atoms with Gasteiger partial charge in [-0.25, -0.2) is 14.0 Å². The molecular formula is C13H9ClN6O3. The first-order valence-electron chi connectivity index (χ1n) is 6.29. The van der Waals surface area contributed by atoms with E-state index in [9.17, 15) is 14.7 Å². The van der Waals surface area contributed by atoms with Gasteiger partial charge in [-0.1, -0.05) is 11.6 Å². The molecule has 2 aromatic heterocycles. The van der Waals surface area contributed by atoms with E-state index < -0.39 is 17.1 Å². The molecule has 2 N–H and O–H groups in total. The SMILES string of the molecule is O=c1[nH]c(=O)n(-c2ccc(Cl)cc2)c(O)c1C=Nn1cnnc1. The van der Waals surface area contributed by atoms with Crippen LogP contribution in [0.2, 0.25) is 5.02 Å². The molecule has 10 heteroatoms. The van der Waals surface area contributed by atoms with Gasteiger partial charge in [-0.15, -0.1) is 10.2 Å². The van der Waals surface area contributed by atoms with Gasteiger partial charge in [0.25, 0.3) is 5.56 Å². The van der Waals surface area contributed by atoms with E-state index in [0.717, 1.165) is 10.8 Å². The summed E-state index contributed by atoms with van der Waals surface area (Å²) >= 11 is 5.80. The maximum absolute atomic E-state index is 12.0. The average molecular weight is 333 g/mol. The van der Waals surface area contributed by atoms with Crippen LogP contribution in [0.4, 0.5) is 0 Å². The van der Waals surface area contributed by atoms with Crippen molar-refractivity contribution >= 4 is 17.8 Å². The number of nitrogens with zero attached hydrogens (tertiary/aromatic N) is 5. The van der Waals surface area contributed by atoms with Crippen molar-refractivity contribution < 1.29 is 5.11 Å².